The average Bonchev–Trinajstić information content (AvgIpc) is 3.37. The number of nitrogens with zero attached hydrogens (tertiary/aromatic N) is 2. The molecule has 2 aromatic heterocycles. The zero-order valence-corrected chi connectivity index (χ0v) is 17.1. The lowest BCUT2D eigenvalue weighted by Gasteiger charge is -2.25. The predicted molar refractivity (Wildman–Crippen MR) is 115 cm³/mol. The first-order valence-corrected chi connectivity index (χ1v) is 9.90. The van der Waals surface area contributed by atoms with Gasteiger partial charge in [-0.05, 0) is 48.6 Å². The van der Waals surface area contributed by atoms with Gasteiger partial charge in [0, 0.05) is 25.4 Å². The number of aromatic carboxylic acids is 1. The van der Waals surface area contributed by atoms with Crippen molar-refractivity contribution in [2.75, 3.05) is 20.3 Å². The van der Waals surface area contributed by atoms with Crippen LogP contribution < -0.4 is 5.32 Å². The van der Waals surface area contributed by atoms with E-state index in [1.54, 1.807) is 31.5 Å². The number of benzene rings is 1. The molecule has 0 aliphatic carbocycles. The Morgan fingerprint density at radius 2 is 2.13 bits per heavy atom. The van der Waals surface area contributed by atoms with Crippen molar-refractivity contribution in [1.82, 2.24) is 15.2 Å². The Kier molecular flexibility index (Phi) is 5.78. The monoisotopic (exact) mass is 423 g/mol. The fraction of sp³-hybridized carbons (Fsp3) is 0.227. The van der Waals surface area contributed by atoms with Gasteiger partial charge in [0.05, 0.1) is 23.9 Å². The van der Waals surface area contributed by atoms with E-state index in [0.717, 1.165) is 5.69 Å². The molecule has 2 atom stereocenters. The zero-order chi connectivity index (χ0) is 21.1. The summed E-state index contributed by atoms with van der Waals surface area (Å²) in [5.41, 5.74) is 1.77. The van der Waals surface area contributed by atoms with Crippen molar-refractivity contribution < 1.29 is 19.1 Å². The van der Waals surface area contributed by atoms with Gasteiger partial charge >= 0.3 is 5.97 Å². The van der Waals surface area contributed by atoms with Crippen molar-refractivity contribution in [2.24, 2.45) is 0 Å². The number of aromatic nitrogens is 1. The van der Waals surface area contributed by atoms with Crippen molar-refractivity contribution in [1.29, 1.82) is 0 Å². The summed E-state index contributed by atoms with van der Waals surface area (Å²) in [6.45, 7) is 1.11. The summed E-state index contributed by atoms with van der Waals surface area (Å²) in [6, 6.07) is 15.8. The lowest BCUT2D eigenvalue weighted by molar-refractivity contribution is 0.0697. The normalized spacial score (nSPS) is 18.4. The molecule has 2 N–H and O–H groups in total. The molecule has 154 valence electrons. The Balaban J connectivity index is 1.71. The van der Waals surface area contributed by atoms with Crippen LogP contribution >= 0.6 is 12.2 Å². The lowest BCUT2D eigenvalue weighted by Crippen LogP contribution is -2.32. The fourth-order valence-corrected chi connectivity index (χ4v) is 3.95. The number of ether oxygens (including phenoxy) is 1. The molecular formula is C22H21N3O4S. The summed E-state index contributed by atoms with van der Waals surface area (Å²) in [5.74, 6) is 0.331. The molecule has 4 rings (SSSR count). The molecule has 0 amide bonds. The molecule has 0 bridgehead atoms. The van der Waals surface area contributed by atoms with Crippen LogP contribution in [0.25, 0.3) is 11.3 Å². The van der Waals surface area contributed by atoms with Crippen LogP contribution in [-0.2, 0) is 4.74 Å². The molecule has 0 spiro atoms. The van der Waals surface area contributed by atoms with E-state index in [4.69, 9.17) is 21.4 Å². The van der Waals surface area contributed by atoms with Crippen LogP contribution in [0.15, 0.2) is 65.2 Å². The van der Waals surface area contributed by atoms with E-state index in [0.29, 0.717) is 35.3 Å². The van der Waals surface area contributed by atoms with Gasteiger partial charge in [0.25, 0.3) is 0 Å². The van der Waals surface area contributed by atoms with E-state index in [1.807, 2.05) is 41.3 Å². The number of carboxylic acid groups (broad SMARTS) is 1. The summed E-state index contributed by atoms with van der Waals surface area (Å²) in [6.07, 6.45) is 1.75. The average molecular weight is 423 g/mol. The molecule has 0 saturated carbocycles. The van der Waals surface area contributed by atoms with E-state index in [1.165, 1.54) is 0 Å². The fourth-order valence-electron chi connectivity index (χ4n) is 3.62. The van der Waals surface area contributed by atoms with Crippen LogP contribution in [0.4, 0.5) is 0 Å². The predicted octanol–water partition coefficient (Wildman–Crippen LogP) is 3.66. The minimum Gasteiger partial charge on any atom is -0.478 e. The first kappa shape index (κ1) is 20.1. The summed E-state index contributed by atoms with van der Waals surface area (Å²) < 4.78 is 11.5. The first-order chi connectivity index (χ1) is 14.6. The maximum Gasteiger partial charge on any atom is 0.335 e. The number of furan rings is 1. The molecule has 30 heavy (non-hydrogen) atoms. The van der Waals surface area contributed by atoms with Crippen LogP contribution in [0.2, 0.25) is 0 Å². The second-order valence-corrected chi connectivity index (χ2v) is 7.29. The Morgan fingerprint density at radius 1 is 1.27 bits per heavy atom. The third-order valence-electron chi connectivity index (χ3n) is 5.05. The second kappa shape index (κ2) is 8.64. The highest BCUT2D eigenvalue weighted by Gasteiger charge is 2.41. The van der Waals surface area contributed by atoms with Crippen molar-refractivity contribution in [3.63, 3.8) is 0 Å². The van der Waals surface area contributed by atoms with Crippen LogP contribution in [0, 0.1) is 0 Å². The standard InChI is InChI=1S/C22H21N3O4S/c1-28-12-11-25-20(19(24-22(25)30)16-7-2-3-10-23-16)18-9-8-17(29-18)14-5-4-6-15(13-14)21(26)27/h2-10,13,19-20H,11-12H2,1H3,(H,24,30)(H,26,27). The minimum atomic E-state index is -0.977. The van der Waals surface area contributed by atoms with Gasteiger partial charge in [0.2, 0.25) is 0 Å². The summed E-state index contributed by atoms with van der Waals surface area (Å²) in [4.78, 5) is 17.8. The van der Waals surface area contributed by atoms with E-state index in [9.17, 15) is 9.90 Å². The van der Waals surface area contributed by atoms with Gasteiger partial charge in [-0.3, -0.25) is 4.98 Å². The van der Waals surface area contributed by atoms with E-state index in [-0.39, 0.29) is 17.6 Å². The maximum absolute atomic E-state index is 11.3. The van der Waals surface area contributed by atoms with Crippen LogP contribution in [0.1, 0.15) is 33.9 Å². The van der Waals surface area contributed by atoms with Crippen LogP contribution in [-0.4, -0.2) is 46.3 Å². The van der Waals surface area contributed by atoms with Crippen molar-refractivity contribution in [2.45, 2.75) is 12.1 Å². The molecule has 1 saturated heterocycles. The highest BCUT2D eigenvalue weighted by molar-refractivity contribution is 7.80. The summed E-state index contributed by atoms with van der Waals surface area (Å²) >= 11 is 5.58. The Labute approximate surface area is 179 Å². The summed E-state index contributed by atoms with van der Waals surface area (Å²) in [7, 11) is 1.65. The van der Waals surface area contributed by atoms with E-state index in [2.05, 4.69) is 10.3 Å². The lowest BCUT2D eigenvalue weighted by atomic mass is 10.0. The van der Waals surface area contributed by atoms with Gasteiger partial charge in [-0.15, -0.1) is 0 Å². The Hall–Kier alpha value is -3.23. The largest absolute Gasteiger partial charge is 0.478 e. The minimum absolute atomic E-state index is 0.181. The molecular weight excluding hydrogens is 402 g/mol. The zero-order valence-electron chi connectivity index (χ0n) is 16.3. The van der Waals surface area contributed by atoms with Gasteiger partial charge in [-0.2, -0.15) is 0 Å². The molecule has 2 unspecified atom stereocenters. The van der Waals surface area contributed by atoms with Gasteiger partial charge in [0.1, 0.15) is 17.6 Å². The smallest absolute Gasteiger partial charge is 0.335 e. The molecule has 8 heteroatoms. The molecule has 1 aliphatic rings. The van der Waals surface area contributed by atoms with E-state index < -0.39 is 5.97 Å². The SMILES string of the molecule is COCCN1C(=S)NC(c2ccccn2)C1c1ccc(-c2cccc(C(=O)O)c2)o1. The second-order valence-electron chi connectivity index (χ2n) is 6.90. The third-order valence-corrected chi connectivity index (χ3v) is 5.40. The number of thiocarbonyl (C=S) groups is 1. The molecule has 3 heterocycles. The Morgan fingerprint density at radius 3 is 2.87 bits per heavy atom. The van der Waals surface area contributed by atoms with Crippen molar-refractivity contribution in [3.8, 4) is 11.3 Å². The number of hydrogen-bond acceptors (Lipinski definition) is 5. The molecule has 1 aliphatic heterocycles. The molecule has 1 fully saturated rings. The summed E-state index contributed by atoms with van der Waals surface area (Å²) in [5, 5.41) is 13.2. The molecule has 7 nitrogen and oxygen atoms in total. The number of methoxy groups -OCH3 is 1. The number of pyridine rings is 1. The topological polar surface area (TPSA) is 87.8 Å². The van der Waals surface area contributed by atoms with Gasteiger partial charge in [-0.25, -0.2) is 4.79 Å². The van der Waals surface area contributed by atoms with E-state index >= 15 is 0 Å². The first-order valence-electron chi connectivity index (χ1n) is 9.49. The van der Waals surface area contributed by atoms with Gasteiger partial charge < -0.3 is 24.5 Å². The number of hydrogen-bond donors (Lipinski definition) is 2. The number of nitrogens with one attached hydrogen (secondary N) is 1. The quantitative estimate of drug-likeness (QED) is 0.557. The van der Waals surface area contributed by atoms with Gasteiger partial charge in [0.15, 0.2) is 5.11 Å². The molecule has 3 aromatic rings. The van der Waals surface area contributed by atoms with Crippen LogP contribution in [0.3, 0.4) is 0 Å². The van der Waals surface area contributed by atoms with Crippen LogP contribution in [0.5, 0.6) is 0 Å². The Bertz CT molecular complexity index is 1050. The number of carbonyl (C=O) groups is 1. The van der Waals surface area contributed by atoms with Crippen molar-refractivity contribution >= 4 is 23.3 Å². The number of rotatable bonds is 7. The maximum atomic E-state index is 11.3. The highest BCUT2D eigenvalue weighted by Crippen LogP contribution is 2.40. The number of carboxylic acids is 1. The highest BCUT2D eigenvalue weighted by atomic mass is 32.1. The van der Waals surface area contributed by atoms with Crippen molar-refractivity contribution in [3.05, 3.63) is 77.8 Å². The molecule has 0 radical (unpaired) electrons. The van der Waals surface area contributed by atoms with Gasteiger partial charge in [-0.1, -0.05) is 18.2 Å². The molecule has 1 aromatic carbocycles. The third kappa shape index (κ3) is 3.92.